The van der Waals surface area contributed by atoms with E-state index in [4.69, 9.17) is 5.73 Å². The van der Waals surface area contributed by atoms with Crippen molar-refractivity contribution in [1.82, 2.24) is 10.2 Å². The van der Waals surface area contributed by atoms with Crippen molar-refractivity contribution in [2.75, 3.05) is 6.54 Å². The van der Waals surface area contributed by atoms with E-state index in [0.717, 1.165) is 6.42 Å². The lowest BCUT2D eigenvalue weighted by molar-refractivity contribution is -0.127. The Labute approximate surface area is 118 Å². The number of amides is 1. The highest BCUT2D eigenvalue weighted by Crippen LogP contribution is 2.25. The van der Waals surface area contributed by atoms with Crippen LogP contribution in [0.4, 0.5) is 0 Å². The zero-order valence-corrected chi connectivity index (χ0v) is 13.1. The third-order valence-corrected chi connectivity index (χ3v) is 4.23. The Morgan fingerprint density at radius 3 is 2.21 bits per heavy atom. The first-order valence-electron chi connectivity index (χ1n) is 7.64. The molecule has 0 spiro atoms. The normalized spacial score (nSPS) is 27.5. The second kappa shape index (κ2) is 7.25. The third-order valence-electron chi connectivity index (χ3n) is 4.23. The molecule has 0 aromatic carbocycles. The predicted molar refractivity (Wildman–Crippen MR) is 79.9 cm³/mol. The first-order valence-corrected chi connectivity index (χ1v) is 7.64. The van der Waals surface area contributed by atoms with E-state index in [1.54, 1.807) is 0 Å². The van der Waals surface area contributed by atoms with E-state index < -0.39 is 0 Å². The Kier molecular flexibility index (Phi) is 6.27. The van der Waals surface area contributed by atoms with Crippen molar-refractivity contribution in [2.45, 2.75) is 78.0 Å². The zero-order valence-electron chi connectivity index (χ0n) is 13.1. The summed E-state index contributed by atoms with van der Waals surface area (Å²) in [5.41, 5.74) is 5.75. The highest BCUT2D eigenvalue weighted by Gasteiger charge is 2.34. The minimum absolute atomic E-state index is 0.0614. The molecular formula is C15H31N3O. The molecule has 1 fully saturated rings. The highest BCUT2D eigenvalue weighted by molar-refractivity contribution is 5.81. The van der Waals surface area contributed by atoms with Crippen molar-refractivity contribution in [3.63, 3.8) is 0 Å². The molecule has 1 heterocycles. The van der Waals surface area contributed by atoms with Crippen molar-refractivity contribution in [2.24, 2.45) is 11.7 Å². The monoisotopic (exact) mass is 269 g/mol. The van der Waals surface area contributed by atoms with Crippen LogP contribution in [-0.4, -0.2) is 41.5 Å². The summed E-state index contributed by atoms with van der Waals surface area (Å²) in [6, 6.07) is 1.03. The van der Waals surface area contributed by atoms with Gasteiger partial charge in [0.15, 0.2) is 0 Å². The fraction of sp³-hybridized carbons (Fsp3) is 0.933. The lowest BCUT2D eigenvalue weighted by atomic mass is 10.0. The average Bonchev–Trinajstić information content (AvgIpc) is 2.66. The second-order valence-electron chi connectivity index (χ2n) is 6.47. The lowest BCUT2D eigenvalue weighted by Gasteiger charge is -2.32. The van der Waals surface area contributed by atoms with Gasteiger partial charge in [-0.1, -0.05) is 13.8 Å². The first kappa shape index (κ1) is 16.4. The van der Waals surface area contributed by atoms with Crippen LogP contribution >= 0.6 is 0 Å². The number of rotatable bonds is 6. The molecule has 0 radical (unpaired) electrons. The minimum Gasteiger partial charge on any atom is -0.351 e. The summed E-state index contributed by atoms with van der Waals surface area (Å²) in [6.07, 6.45) is 3.32. The van der Waals surface area contributed by atoms with Gasteiger partial charge >= 0.3 is 0 Å². The minimum atomic E-state index is -0.0614. The number of carbonyl (C=O) groups is 1. The Balaban J connectivity index is 2.56. The maximum absolute atomic E-state index is 12.4. The van der Waals surface area contributed by atoms with E-state index in [1.807, 2.05) is 6.92 Å². The van der Waals surface area contributed by atoms with Gasteiger partial charge in [0.05, 0.1) is 6.04 Å². The van der Waals surface area contributed by atoms with Gasteiger partial charge in [0.1, 0.15) is 0 Å². The van der Waals surface area contributed by atoms with Crippen LogP contribution in [0.3, 0.4) is 0 Å². The smallest absolute Gasteiger partial charge is 0.237 e. The van der Waals surface area contributed by atoms with Crippen LogP contribution < -0.4 is 11.1 Å². The molecule has 4 heteroatoms. The Morgan fingerprint density at radius 1 is 1.26 bits per heavy atom. The number of nitrogens with two attached hydrogens (primary N) is 1. The van der Waals surface area contributed by atoms with Gasteiger partial charge in [-0.15, -0.1) is 0 Å². The molecule has 4 nitrogen and oxygen atoms in total. The molecule has 0 bridgehead atoms. The highest BCUT2D eigenvalue weighted by atomic mass is 16.2. The number of carbonyl (C=O) groups excluding carboxylic acids is 1. The van der Waals surface area contributed by atoms with Crippen molar-refractivity contribution in [3.05, 3.63) is 0 Å². The molecule has 4 atom stereocenters. The van der Waals surface area contributed by atoms with Gasteiger partial charge < -0.3 is 11.1 Å². The van der Waals surface area contributed by atoms with Gasteiger partial charge in [-0.2, -0.15) is 0 Å². The Bertz CT molecular complexity index is 283. The molecule has 4 unspecified atom stereocenters. The van der Waals surface area contributed by atoms with Crippen LogP contribution in [0.15, 0.2) is 0 Å². The molecule has 1 amide bonds. The van der Waals surface area contributed by atoms with Crippen molar-refractivity contribution < 1.29 is 4.79 Å². The molecule has 1 aliphatic heterocycles. The molecule has 1 aliphatic rings. The summed E-state index contributed by atoms with van der Waals surface area (Å²) in [7, 11) is 0. The van der Waals surface area contributed by atoms with Crippen molar-refractivity contribution in [3.8, 4) is 0 Å². The topological polar surface area (TPSA) is 58.4 Å². The van der Waals surface area contributed by atoms with E-state index in [0.29, 0.717) is 24.5 Å². The molecule has 0 aromatic heterocycles. The van der Waals surface area contributed by atoms with Crippen molar-refractivity contribution in [1.29, 1.82) is 0 Å². The van der Waals surface area contributed by atoms with Gasteiger partial charge in [0.2, 0.25) is 5.91 Å². The average molecular weight is 269 g/mol. The van der Waals surface area contributed by atoms with E-state index in [2.05, 4.69) is 37.9 Å². The van der Waals surface area contributed by atoms with Gasteiger partial charge in [-0.3, -0.25) is 9.69 Å². The molecule has 19 heavy (non-hydrogen) atoms. The molecule has 0 aliphatic carbocycles. The second-order valence-corrected chi connectivity index (χ2v) is 6.47. The number of hydrogen-bond donors (Lipinski definition) is 2. The van der Waals surface area contributed by atoms with Gasteiger partial charge in [0, 0.05) is 24.7 Å². The Hall–Kier alpha value is -0.610. The zero-order chi connectivity index (χ0) is 14.6. The van der Waals surface area contributed by atoms with Crippen LogP contribution in [0.5, 0.6) is 0 Å². The maximum atomic E-state index is 12.4. The van der Waals surface area contributed by atoms with Gasteiger partial charge in [-0.25, -0.2) is 0 Å². The first-order chi connectivity index (χ1) is 8.86. The third kappa shape index (κ3) is 4.46. The standard InChI is InChI=1S/C15H31N3O/c1-10(2)8-14(9-16)17-15(19)13(5)18-11(3)6-7-12(18)4/h10-14H,6-9,16H2,1-5H3,(H,17,19). The van der Waals surface area contributed by atoms with Crippen LogP contribution in [0, 0.1) is 5.92 Å². The lowest BCUT2D eigenvalue weighted by Crippen LogP contribution is -2.52. The van der Waals surface area contributed by atoms with E-state index in [-0.39, 0.29) is 18.0 Å². The van der Waals surface area contributed by atoms with Crippen LogP contribution in [0.1, 0.15) is 53.9 Å². The summed E-state index contributed by atoms with van der Waals surface area (Å²) >= 11 is 0. The molecule has 1 rings (SSSR count). The largest absolute Gasteiger partial charge is 0.351 e. The van der Waals surface area contributed by atoms with Gasteiger partial charge in [-0.05, 0) is 46.0 Å². The Morgan fingerprint density at radius 2 is 1.79 bits per heavy atom. The fourth-order valence-corrected chi connectivity index (χ4v) is 3.22. The summed E-state index contributed by atoms with van der Waals surface area (Å²) < 4.78 is 0. The summed E-state index contributed by atoms with van der Waals surface area (Å²) in [6.45, 7) is 11.3. The maximum Gasteiger partial charge on any atom is 0.237 e. The molecule has 1 saturated heterocycles. The number of hydrogen-bond acceptors (Lipinski definition) is 3. The fourth-order valence-electron chi connectivity index (χ4n) is 3.22. The van der Waals surface area contributed by atoms with E-state index in [1.165, 1.54) is 12.8 Å². The predicted octanol–water partition coefficient (Wildman–Crippen LogP) is 1.74. The molecule has 3 N–H and O–H groups in total. The number of nitrogens with zero attached hydrogens (tertiary/aromatic N) is 1. The summed E-state index contributed by atoms with van der Waals surface area (Å²) in [4.78, 5) is 14.7. The molecular weight excluding hydrogens is 238 g/mol. The molecule has 0 saturated carbocycles. The van der Waals surface area contributed by atoms with Crippen LogP contribution in [0.25, 0.3) is 0 Å². The molecule has 112 valence electrons. The quantitative estimate of drug-likeness (QED) is 0.772. The van der Waals surface area contributed by atoms with Crippen molar-refractivity contribution >= 4 is 5.91 Å². The molecule has 0 aromatic rings. The van der Waals surface area contributed by atoms with E-state index >= 15 is 0 Å². The SMILES string of the molecule is CC(C)CC(CN)NC(=O)C(C)N1C(C)CCC1C. The summed E-state index contributed by atoms with van der Waals surface area (Å²) in [5.74, 6) is 0.672. The number of likely N-dealkylation sites (tertiary alicyclic amines) is 1. The van der Waals surface area contributed by atoms with Gasteiger partial charge in [0.25, 0.3) is 0 Å². The van der Waals surface area contributed by atoms with E-state index in [9.17, 15) is 4.79 Å². The van der Waals surface area contributed by atoms with Crippen LogP contribution in [0.2, 0.25) is 0 Å². The van der Waals surface area contributed by atoms with Crippen LogP contribution in [-0.2, 0) is 4.79 Å². The number of nitrogens with one attached hydrogen (secondary N) is 1. The summed E-state index contributed by atoms with van der Waals surface area (Å²) in [5, 5.41) is 3.11.